The number of benzene rings is 1. The predicted octanol–water partition coefficient (Wildman–Crippen LogP) is 0.314. The van der Waals surface area contributed by atoms with Gasteiger partial charge in [-0.15, -0.1) is 0 Å². The van der Waals surface area contributed by atoms with Crippen LogP contribution in [0.2, 0.25) is 0 Å². The molecule has 0 saturated carbocycles. The third kappa shape index (κ3) is 6.01. The molecule has 21 heavy (non-hydrogen) atoms. The molecular weight excluding hydrogens is 294 g/mol. The highest BCUT2D eigenvalue weighted by atomic mass is 32.2. The fraction of sp³-hybridized carbons (Fsp3) is 0.462. The Kier molecular flexibility index (Phi) is 6.44. The lowest BCUT2D eigenvalue weighted by molar-refractivity contribution is 0.318. The SMILES string of the molecule is COc1ccc(/C(N)=N/O)cc1CNCCCS(C)(=O)=O. The number of rotatable bonds is 8. The zero-order valence-electron chi connectivity index (χ0n) is 12.2. The molecule has 0 saturated heterocycles. The van der Waals surface area contributed by atoms with Gasteiger partial charge in [-0.2, -0.15) is 0 Å². The van der Waals surface area contributed by atoms with Crippen LogP contribution in [0.4, 0.5) is 0 Å². The molecule has 0 spiro atoms. The molecule has 1 aromatic carbocycles. The number of sulfone groups is 1. The maximum absolute atomic E-state index is 11.0. The van der Waals surface area contributed by atoms with E-state index in [1.54, 1.807) is 25.3 Å². The topological polar surface area (TPSA) is 114 Å². The molecule has 0 amide bonds. The minimum Gasteiger partial charge on any atom is -0.496 e. The van der Waals surface area contributed by atoms with Gasteiger partial charge in [0.2, 0.25) is 0 Å². The van der Waals surface area contributed by atoms with E-state index in [0.29, 0.717) is 30.8 Å². The molecule has 7 nitrogen and oxygen atoms in total. The molecule has 4 N–H and O–H groups in total. The van der Waals surface area contributed by atoms with Crippen molar-refractivity contribution in [2.75, 3.05) is 25.7 Å². The van der Waals surface area contributed by atoms with E-state index in [2.05, 4.69) is 10.5 Å². The van der Waals surface area contributed by atoms with Crippen LogP contribution < -0.4 is 15.8 Å². The van der Waals surface area contributed by atoms with Crippen LogP contribution in [0.3, 0.4) is 0 Å². The van der Waals surface area contributed by atoms with E-state index in [1.807, 2.05) is 0 Å². The Balaban J connectivity index is 2.64. The first-order chi connectivity index (χ1) is 9.87. The van der Waals surface area contributed by atoms with Crippen molar-refractivity contribution >= 4 is 15.7 Å². The third-order valence-electron chi connectivity index (χ3n) is 2.87. The number of ether oxygens (including phenoxy) is 1. The van der Waals surface area contributed by atoms with Gasteiger partial charge in [0.25, 0.3) is 0 Å². The molecule has 1 aromatic rings. The highest BCUT2D eigenvalue weighted by Gasteiger charge is 2.07. The molecule has 0 unspecified atom stereocenters. The van der Waals surface area contributed by atoms with Gasteiger partial charge in [0, 0.05) is 23.9 Å². The Morgan fingerprint density at radius 3 is 2.76 bits per heavy atom. The number of hydrogen-bond acceptors (Lipinski definition) is 6. The Morgan fingerprint density at radius 2 is 2.19 bits per heavy atom. The normalized spacial score (nSPS) is 12.4. The van der Waals surface area contributed by atoms with Crippen LogP contribution >= 0.6 is 0 Å². The van der Waals surface area contributed by atoms with E-state index in [4.69, 9.17) is 15.7 Å². The molecule has 8 heteroatoms. The van der Waals surface area contributed by atoms with Gasteiger partial charge < -0.3 is 21.0 Å². The van der Waals surface area contributed by atoms with Gasteiger partial charge in [-0.05, 0) is 31.2 Å². The van der Waals surface area contributed by atoms with Gasteiger partial charge in [-0.25, -0.2) is 8.42 Å². The number of amidine groups is 1. The number of methoxy groups -OCH3 is 1. The highest BCUT2D eigenvalue weighted by Crippen LogP contribution is 2.19. The molecule has 0 aliphatic rings. The lowest BCUT2D eigenvalue weighted by Crippen LogP contribution is -2.19. The van der Waals surface area contributed by atoms with Crippen molar-refractivity contribution in [3.05, 3.63) is 29.3 Å². The fourth-order valence-corrected chi connectivity index (χ4v) is 2.48. The molecule has 0 radical (unpaired) electrons. The quantitative estimate of drug-likeness (QED) is 0.209. The fourth-order valence-electron chi connectivity index (χ4n) is 1.82. The molecule has 0 aliphatic heterocycles. The molecule has 0 aromatic heterocycles. The van der Waals surface area contributed by atoms with Crippen molar-refractivity contribution in [2.24, 2.45) is 10.9 Å². The summed E-state index contributed by atoms with van der Waals surface area (Å²) in [7, 11) is -1.37. The molecule has 0 heterocycles. The maximum Gasteiger partial charge on any atom is 0.170 e. The summed E-state index contributed by atoms with van der Waals surface area (Å²) in [6.45, 7) is 1.07. The summed E-state index contributed by atoms with van der Waals surface area (Å²) >= 11 is 0. The number of hydrogen-bond donors (Lipinski definition) is 3. The zero-order chi connectivity index (χ0) is 15.9. The molecule has 118 valence electrons. The first kappa shape index (κ1) is 17.3. The average molecular weight is 315 g/mol. The van der Waals surface area contributed by atoms with Crippen molar-refractivity contribution in [2.45, 2.75) is 13.0 Å². The van der Waals surface area contributed by atoms with Crippen LogP contribution in [0.1, 0.15) is 17.5 Å². The van der Waals surface area contributed by atoms with Gasteiger partial charge >= 0.3 is 0 Å². The lowest BCUT2D eigenvalue weighted by atomic mass is 10.1. The summed E-state index contributed by atoms with van der Waals surface area (Å²) in [5.74, 6) is 0.859. The largest absolute Gasteiger partial charge is 0.496 e. The molecule has 0 bridgehead atoms. The Bertz CT molecular complexity index is 599. The minimum absolute atomic E-state index is 0.0241. The second kappa shape index (κ2) is 7.84. The van der Waals surface area contributed by atoms with Crippen molar-refractivity contribution in [1.29, 1.82) is 0 Å². The highest BCUT2D eigenvalue weighted by molar-refractivity contribution is 7.90. The predicted molar refractivity (Wildman–Crippen MR) is 81.5 cm³/mol. The molecule has 0 fully saturated rings. The summed E-state index contributed by atoms with van der Waals surface area (Å²) in [5.41, 5.74) is 6.99. The Hall–Kier alpha value is -1.80. The van der Waals surface area contributed by atoms with Crippen molar-refractivity contribution < 1.29 is 18.4 Å². The van der Waals surface area contributed by atoms with Gasteiger partial charge in [-0.1, -0.05) is 5.16 Å². The summed E-state index contributed by atoms with van der Waals surface area (Å²) in [5, 5.41) is 14.8. The number of nitrogens with two attached hydrogens (primary N) is 1. The van der Waals surface area contributed by atoms with E-state index < -0.39 is 9.84 Å². The maximum atomic E-state index is 11.0. The van der Waals surface area contributed by atoms with Crippen molar-refractivity contribution in [3.8, 4) is 5.75 Å². The van der Waals surface area contributed by atoms with E-state index in [9.17, 15) is 8.42 Å². The summed E-state index contributed by atoms with van der Waals surface area (Å²) < 4.78 is 27.3. The van der Waals surface area contributed by atoms with Crippen LogP contribution in [-0.4, -0.2) is 45.1 Å². The standard InChI is InChI=1S/C13H21N3O4S/c1-20-12-5-4-10(13(14)16-17)8-11(12)9-15-6-3-7-21(2,18)19/h4-5,8,15,17H,3,6-7,9H2,1-2H3,(H2,14,16). The van der Waals surface area contributed by atoms with E-state index >= 15 is 0 Å². The van der Waals surface area contributed by atoms with E-state index in [1.165, 1.54) is 6.26 Å². The van der Waals surface area contributed by atoms with Gasteiger partial charge in [0.1, 0.15) is 15.6 Å². The van der Waals surface area contributed by atoms with Crippen LogP contribution in [-0.2, 0) is 16.4 Å². The van der Waals surface area contributed by atoms with Crippen LogP contribution in [0.5, 0.6) is 5.75 Å². The average Bonchev–Trinajstić information content (AvgIpc) is 2.44. The number of oxime groups is 1. The smallest absolute Gasteiger partial charge is 0.170 e. The Morgan fingerprint density at radius 1 is 1.48 bits per heavy atom. The Labute approximate surface area is 124 Å². The second-order valence-corrected chi connectivity index (χ2v) is 6.93. The molecule has 1 rings (SSSR count). The van der Waals surface area contributed by atoms with Crippen molar-refractivity contribution in [1.82, 2.24) is 5.32 Å². The lowest BCUT2D eigenvalue weighted by Gasteiger charge is -2.11. The van der Waals surface area contributed by atoms with Gasteiger partial charge in [0.15, 0.2) is 5.84 Å². The summed E-state index contributed by atoms with van der Waals surface area (Å²) in [4.78, 5) is 0. The molecule has 0 atom stereocenters. The minimum atomic E-state index is -2.93. The van der Waals surface area contributed by atoms with Crippen LogP contribution in [0.25, 0.3) is 0 Å². The van der Waals surface area contributed by atoms with Gasteiger partial charge in [0.05, 0.1) is 12.9 Å². The van der Waals surface area contributed by atoms with E-state index in [-0.39, 0.29) is 11.6 Å². The number of nitrogens with zero attached hydrogens (tertiary/aromatic N) is 1. The third-order valence-corrected chi connectivity index (χ3v) is 3.90. The summed E-state index contributed by atoms with van der Waals surface area (Å²) in [6.07, 6.45) is 1.76. The van der Waals surface area contributed by atoms with Crippen molar-refractivity contribution in [3.63, 3.8) is 0 Å². The first-order valence-corrected chi connectivity index (χ1v) is 8.46. The van der Waals surface area contributed by atoms with Crippen LogP contribution in [0, 0.1) is 0 Å². The summed E-state index contributed by atoms with van der Waals surface area (Å²) in [6, 6.07) is 5.19. The zero-order valence-corrected chi connectivity index (χ0v) is 13.0. The van der Waals surface area contributed by atoms with Crippen LogP contribution in [0.15, 0.2) is 23.4 Å². The number of nitrogens with one attached hydrogen (secondary N) is 1. The molecule has 0 aliphatic carbocycles. The monoisotopic (exact) mass is 315 g/mol. The van der Waals surface area contributed by atoms with E-state index in [0.717, 1.165) is 5.56 Å². The first-order valence-electron chi connectivity index (χ1n) is 6.40. The second-order valence-electron chi connectivity index (χ2n) is 4.67. The van der Waals surface area contributed by atoms with Gasteiger partial charge in [-0.3, -0.25) is 0 Å². The molecular formula is C13H21N3O4S.